The van der Waals surface area contributed by atoms with Crippen molar-refractivity contribution >= 4 is 17.6 Å². The maximum Gasteiger partial charge on any atom is 0.121 e. The summed E-state index contributed by atoms with van der Waals surface area (Å²) >= 11 is 0. The molecule has 0 aliphatic rings. The van der Waals surface area contributed by atoms with Gasteiger partial charge in [0.05, 0.1) is 0 Å². The summed E-state index contributed by atoms with van der Waals surface area (Å²) in [7, 11) is -0.950. The quantitative estimate of drug-likeness (QED) is 0.453. The van der Waals surface area contributed by atoms with Crippen molar-refractivity contribution in [2.75, 3.05) is 0 Å². The Bertz CT molecular complexity index is 745. The van der Waals surface area contributed by atoms with Crippen LogP contribution in [-0.2, 0) is 12.8 Å². The molecule has 2 rings (SSSR count). The standard InChI is InChI=1S/2C12H20OSi.2CH4/c1-9-7-11(5-6-14(3)4)8-10(2)12(9)13;1-9-7-10(2)12(13)11(8-9)5-6-14(3)4;;/h2*7-8,13-14H,5-6H2,1-4H3;2*1H4. The number of hydrogen-bond acceptors (Lipinski definition) is 2. The monoisotopic (exact) mass is 448 g/mol. The van der Waals surface area contributed by atoms with E-state index in [1.807, 2.05) is 26.8 Å². The summed E-state index contributed by atoms with van der Waals surface area (Å²) in [5.41, 5.74) is 6.77. The molecule has 2 nitrogen and oxygen atoms in total. The molecule has 172 valence electrons. The van der Waals surface area contributed by atoms with Crippen molar-refractivity contribution in [3.63, 3.8) is 0 Å². The zero-order chi connectivity index (χ0) is 21.4. The summed E-state index contributed by atoms with van der Waals surface area (Å²) in [6.45, 7) is 17.4. The van der Waals surface area contributed by atoms with Crippen LogP contribution in [-0.4, -0.2) is 27.8 Å². The first-order valence-corrected chi connectivity index (χ1v) is 16.8. The van der Waals surface area contributed by atoms with E-state index in [1.165, 1.54) is 29.6 Å². The maximum absolute atomic E-state index is 9.85. The SMILES string of the molecule is C.C.Cc1cc(C)c(O)c(CC[SiH](C)C)c1.Cc1cc(CC[SiH](C)C)cc(C)c1O. The molecule has 2 N–H and O–H groups in total. The zero-order valence-electron chi connectivity index (χ0n) is 19.2. The summed E-state index contributed by atoms with van der Waals surface area (Å²) in [5.74, 6) is 0.959. The fourth-order valence-electron chi connectivity index (χ4n) is 3.33. The third-order valence-electron chi connectivity index (χ3n) is 5.08. The zero-order valence-corrected chi connectivity index (χ0v) is 21.5. The van der Waals surface area contributed by atoms with Crippen LogP contribution >= 0.6 is 0 Å². The van der Waals surface area contributed by atoms with E-state index in [9.17, 15) is 10.2 Å². The summed E-state index contributed by atoms with van der Waals surface area (Å²) < 4.78 is 0. The van der Waals surface area contributed by atoms with Crippen LogP contribution in [0.25, 0.3) is 0 Å². The molecule has 0 heterocycles. The first-order chi connectivity index (χ1) is 13.0. The number of phenolic OH excluding ortho intramolecular Hbond substituents is 2. The summed E-state index contributed by atoms with van der Waals surface area (Å²) in [6.07, 6.45) is 2.21. The van der Waals surface area contributed by atoms with Crippen LogP contribution in [0, 0.1) is 27.7 Å². The van der Waals surface area contributed by atoms with Crippen molar-refractivity contribution in [3.8, 4) is 11.5 Å². The molecule has 0 saturated carbocycles. The van der Waals surface area contributed by atoms with Crippen molar-refractivity contribution < 1.29 is 10.2 Å². The van der Waals surface area contributed by atoms with Gasteiger partial charge >= 0.3 is 0 Å². The fourth-order valence-corrected chi connectivity index (χ4v) is 5.13. The van der Waals surface area contributed by atoms with Crippen LogP contribution in [0.5, 0.6) is 11.5 Å². The summed E-state index contributed by atoms with van der Waals surface area (Å²) in [6, 6.07) is 11.0. The highest BCUT2D eigenvalue weighted by Gasteiger charge is 2.07. The Kier molecular flexibility index (Phi) is 14.8. The third kappa shape index (κ3) is 10.5. The molecule has 0 bridgehead atoms. The molecule has 0 atom stereocenters. The Morgan fingerprint density at radius 1 is 0.633 bits per heavy atom. The summed E-state index contributed by atoms with van der Waals surface area (Å²) in [5, 5.41) is 19.5. The lowest BCUT2D eigenvalue weighted by molar-refractivity contribution is 0.464. The van der Waals surface area contributed by atoms with Gasteiger partial charge in [-0.05, 0) is 68.4 Å². The molecule has 0 spiro atoms. The largest absolute Gasteiger partial charge is 0.507 e. The lowest BCUT2D eigenvalue weighted by Gasteiger charge is -2.09. The third-order valence-corrected chi connectivity index (χ3v) is 7.96. The Labute approximate surface area is 190 Å². The minimum atomic E-state index is -0.503. The van der Waals surface area contributed by atoms with E-state index in [4.69, 9.17) is 0 Å². The molecule has 30 heavy (non-hydrogen) atoms. The Morgan fingerprint density at radius 3 is 1.53 bits per heavy atom. The Morgan fingerprint density at radius 2 is 1.07 bits per heavy atom. The molecule has 0 aromatic heterocycles. The van der Waals surface area contributed by atoms with E-state index >= 15 is 0 Å². The fraction of sp³-hybridized carbons (Fsp3) is 0.538. The van der Waals surface area contributed by atoms with Crippen molar-refractivity contribution in [3.05, 3.63) is 57.6 Å². The molecular weight excluding hydrogens is 400 g/mol. The van der Waals surface area contributed by atoms with Crippen molar-refractivity contribution in [2.45, 2.75) is 93.7 Å². The number of rotatable bonds is 6. The van der Waals surface area contributed by atoms with Gasteiger partial charge in [-0.15, -0.1) is 0 Å². The van der Waals surface area contributed by atoms with Gasteiger partial charge in [0.1, 0.15) is 11.5 Å². The second-order valence-electron chi connectivity index (χ2n) is 9.03. The highest BCUT2D eigenvalue weighted by molar-refractivity contribution is 6.56. The van der Waals surface area contributed by atoms with Gasteiger partial charge in [-0.3, -0.25) is 0 Å². The number of benzene rings is 2. The van der Waals surface area contributed by atoms with Crippen molar-refractivity contribution in [2.24, 2.45) is 0 Å². The van der Waals surface area contributed by atoms with Gasteiger partial charge in [0, 0.05) is 17.6 Å². The van der Waals surface area contributed by atoms with Gasteiger partial charge in [0.15, 0.2) is 0 Å². The predicted molar refractivity (Wildman–Crippen MR) is 143 cm³/mol. The smallest absolute Gasteiger partial charge is 0.121 e. The molecule has 0 aliphatic heterocycles. The van der Waals surface area contributed by atoms with E-state index in [0.29, 0.717) is 11.5 Å². The number of hydrogen-bond donors (Lipinski definition) is 2. The van der Waals surface area contributed by atoms with Gasteiger partial charge in [0.2, 0.25) is 0 Å². The van der Waals surface area contributed by atoms with Gasteiger partial charge in [-0.1, -0.05) is 83.0 Å². The lowest BCUT2D eigenvalue weighted by atomic mass is 10.0. The minimum absolute atomic E-state index is 0. The molecule has 0 fully saturated rings. The first-order valence-electron chi connectivity index (χ1n) is 10.6. The second kappa shape index (κ2) is 14.5. The van der Waals surface area contributed by atoms with Gasteiger partial charge in [-0.2, -0.15) is 0 Å². The predicted octanol–water partition coefficient (Wildman–Crippen LogP) is 7.35. The van der Waals surface area contributed by atoms with Crippen LogP contribution in [0.15, 0.2) is 24.3 Å². The van der Waals surface area contributed by atoms with Gasteiger partial charge in [0.25, 0.3) is 0 Å². The Hall–Kier alpha value is -1.53. The van der Waals surface area contributed by atoms with E-state index in [2.05, 4.69) is 51.3 Å². The molecule has 0 saturated heterocycles. The second-order valence-corrected chi connectivity index (χ2v) is 15.8. The van der Waals surface area contributed by atoms with Crippen molar-refractivity contribution in [1.29, 1.82) is 0 Å². The topological polar surface area (TPSA) is 40.5 Å². The van der Waals surface area contributed by atoms with Crippen LogP contribution in [0.2, 0.25) is 38.3 Å². The van der Waals surface area contributed by atoms with E-state index in [0.717, 1.165) is 28.7 Å². The molecule has 0 unspecified atom stereocenters. The van der Waals surface area contributed by atoms with Crippen molar-refractivity contribution in [1.82, 2.24) is 0 Å². The molecular formula is C26H48O2Si2. The number of aromatic hydroxyl groups is 2. The average Bonchev–Trinajstić information content (AvgIpc) is 2.60. The highest BCUT2D eigenvalue weighted by Crippen LogP contribution is 2.25. The number of aryl methyl sites for hydroxylation is 6. The highest BCUT2D eigenvalue weighted by atomic mass is 28.3. The molecule has 2 aromatic rings. The van der Waals surface area contributed by atoms with E-state index in [-0.39, 0.29) is 14.9 Å². The molecule has 0 amide bonds. The molecule has 0 radical (unpaired) electrons. The van der Waals surface area contributed by atoms with Gasteiger partial charge < -0.3 is 10.2 Å². The van der Waals surface area contributed by atoms with E-state index < -0.39 is 17.6 Å². The summed E-state index contributed by atoms with van der Waals surface area (Å²) in [4.78, 5) is 0. The minimum Gasteiger partial charge on any atom is -0.507 e. The normalized spacial score (nSPS) is 10.2. The average molecular weight is 449 g/mol. The van der Waals surface area contributed by atoms with Crippen LogP contribution in [0.4, 0.5) is 0 Å². The maximum atomic E-state index is 9.85. The molecule has 2 aromatic carbocycles. The van der Waals surface area contributed by atoms with Crippen LogP contribution in [0.1, 0.15) is 48.2 Å². The first kappa shape index (κ1) is 30.7. The van der Waals surface area contributed by atoms with Crippen LogP contribution in [0.3, 0.4) is 0 Å². The Balaban J connectivity index is 0. The lowest BCUT2D eigenvalue weighted by Crippen LogP contribution is -2.01. The number of phenols is 2. The van der Waals surface area contributed by atoms with Gasteiger partial charge in [-0.25, -0.2) is 0 Å². The molecule has 4 heteroatoms. The molecule has 0 aliphatic carbocycles. The van der Waals surface area contributed by atoms with E-state index in [1.54, 1.807) is 0 Å². The van der Waals surface area contributed by atoms with Crippen LogP contribution < -0.4 is 0 Å².